The normalized spacial score (nSPS) is 9.74. The summed E-state index contributed by atoms with van der Waals surface area (Å²) in [6.07, 6.45) is 0. The topological polar surface area (TPSA) is 45.0 Å². The van der Waals surface area contributed by atoms with E-state index < -0.39 is 0 Å². The van der Waals surface area contributed by atoms with Crippen LogP contribution < -0.4 is 10.1 Å². The molecule has 96 valence electrons. The molecule has 0 aliphatic heterocycles. The predicted octanol–water partition coefficient (Wildman–Crippen LogP) is 3.83. The molecule has 0 bridgehead atoms. The number of benzene rings is 2. The highest BCUT2D eigenvalue weighted by atomic mass is 35.5. The van der Waals surface area contributed by atoms with Crippen molar-refractivity contribution >= 4 is 17.3 Å². The van der Waals surface area contributed by atoms with Crippen LogP contribution in [0.2, 0.25) is 5.02 Å². The molecular formula is C15H13ClN2O. The highest BCUT2D eigenvalue weighted by molar-refractivity contribution is 6.32. The Bertz CT molecular complexity index is 603. The van der Waals surface area contributed by atoms with Crippen molar-refractivity contribution < 1.29 is 4.74 Å². The Morgan fingerprint density at radius 3 is 2.58 bits per heavy atom. The fourth-order valence-electron chi connectivity index (χ4n) is 1.67. The zero-order chi connectivity index (χ0) is 13.7. The second kappa shape index (κ2) is 6.12. The highest BCUT2D eigenvalue weighted by Gasteiger charge is 2.01. The Morgan fingerprint density at radius 2 is 1.95 bits per heavy atom. The molecule has 19 heavy (non-hydrogen) atoms. The van der Waals surface area contributed by atoms with E-state index in [4.69, 9.17) is 21.6 Å². The lowest BCUT2D eigenvalue weighted by molar-refractivity contribution is 0.415. The summed E-state index contributed by atoms with van der Waals surface area (Å²) in [4.78, 5) is 0. The van der Waals surface area contributed by atoms with Gasteiger partial charge in [-0.3, -0.25) is 0 Å². The molecule has 0 radical (unpaired) electrons. The molecule has 2 aromatic rings. The van der Waals surface area contributed by atoms with Crippen LogP contribution in [0.5, 0.6) is 5.75 Å². The first-order valence-electron chi connectivity index (χ1n) is 5.79. The quantitative estimate of drug-likeness (QED) is 0.920. The lowest BCUT2D eigenvalue weighted by Crippen LogP contribution is -1.99. The number of nitrogens with one attached hydrogen (secondary N) is 1. The molecule has 0 unspecified atom stereocenters. The molecule has 0 amide bonds. The molecule has 0 saturated carbocycles. The zero-order valence-electron chi connectivity index (χ0n) is 10.5. The van der Waals surface area contributed by atoms with E-state index in [1.165, 1.54) is 0 Å². The summed E-state index contributed by atoms with van der Waals surface area (Å²) in [5.41, 5.74) is 2.70. The van der Waals surface area contributed by atoms with E-state index in [0.717, 1.165) is 11.3 Å². The first kappa shape index (κ1) is 13.3. The van der Waals surface area contributed by atoms with Crippen LogP contribution in [-0.2, 0) is 6.54 Å². The number of nitriles is 1. The van der Waals surface area contributed by atoms with Crippen molar-refractivity contribution in [3.05, 3.63) is 58.6 Å². The smallest absolute Gasteiger partial charge is 0.139 e. The number of halogens is 1. The van der Waals surface area contributed by atoms with Crippen LogP contribution >= 0.6 is 11.6 Å². The number of nitrogens with zero attached hydrogens (tertiary/aromatic N) is 1. The van der Waals surface area contributed by atoms with Gasteiger partial charge in [-0.05, 0) is 29.8 Å². The van der Waals surface area contributed by atoms with Gasteiger partial charge in [0.1, 0.15) is 5.75 Å². The maximum Gasteiger partial charge on any atom is 0.139 e. The molecule has 0 spiro atoms. The van der Waals surface area contributed by atoms with E-state index in [1.54, 1.807) is 25.3 Å². The van der Waals surface area contributed by atoms with Crippen molar-refractivity contribution in [2.24, 2.45) is 0 Å². The molecule has 2 aromatic carbocycles. The molecule has 0 saturated heterocycles. The Labute approximate surface area is 117 Å². The average molecular weight is 273 g/mol. The third kappa shape index (κ3) is 3.40. The second-order valence-corrected chi connectivity index (χ2v) is 4.42. The van der Waals surface area contributed by atoms with Crippen LogP contribution in [0, 0.1) is 11.3 Å². The third-order valence-corrected chi connectivity index (χ3v) is 3.04. The zero-order valence-corrected chi connectivity index (χ0v) is 11.2. The van der Waals surface area contributed by atoms with E-state index in [2.05, 4.69) is 11.4 Å². The number of methoxy groups -OCH3 is 1. The van der Waals surface area contributed by atoms with E-state index >= 15 is 0 Å². The summed E-state index contributed by atoms with van der Waals surface area (Å²) in [7, 11) is 1.59. The van der Waals surface area contributed by atoms with Gasteiger partial charge in [0.15, 0.2) is 0 Å². The van der Waals surface area contributed by atoms with Crippen molar-refractivity contribution in [2.75, 3.05) is 12.4 Å². The van der Waals surface area contributed by atoms with Crippen molar-refractivity contribution in [3.63, 3.8) is 0 Å². The molecule has 1 N–H and O–H groups in total. The van der Waals surface area contributed by atoms with Gasteiger partial charge >= 0.3 is 0 Å². The van der Waals surface area contributed by atoms with Gasteiger partial charge in [-0.15, -0.1) is 0 Å². The molecule has 4 heteroatoms. The minimum atomic E-state index is 0.589. The molecule has 0 aromatic heterocycles. The number of ether oxygens (including phenoxy) is 1. The third-order valence-electron chi connectivity index (χ3n) is 2.73. The fraction of sp³-hybridized carbons (Fsp3) is 0.133. The van der Waals surface area contributed by atoms with Gasteiger partial charge in [-0.25, -0.2) is 0 Å². The second-order valence-electron chi connectivity index (χ2n) is 4.01. The Morgan fingerprint density at radius 1 is 1.21 bits per heavy atom. The van der Waals surface area contributed by atoms with Crippen LogP contribution in [0.25, 0.3) is 0 Å². The van der Waals surface area contributed by atoms with Crippen molar-refractivity contribution in [1.29, 1.82) is 5.26 Å². The lowest BCUT2D eigenvalue weighted by Gasteiger charge is -2.09. The van der Waals surface area contributed by atoms with E-state index in [1.807, 2.05) is 24.3 Å². The monoisotopic (exact) mass is 272 g/mol. The molecule has 0 atom stereocenters. The van der Waals surface area contributed by atoms with Gasteiger partial charge in [-0.1, -0.05) is 23.7 Å². The van der Waals surface area contributed by atoms with Crippen LogP contribution in [0.3, 0.4) is 0 Å². The molecule has 0 fully saturated rings. The van der Waals surface area contributed by atoms with Gasteiger partial charge < -0.3 is 10.1 Å². The Hall–Kier alpha value is -2.18. The van der Waals surface area contributed by atoms with Crippen LogP contribution in [-0.4, -0.2) is 7.11 Å². The maximum atomic E-state index is 8.73. The number of hydrogen-bond acceptors (Lipinski definition) is 3. The molecule has 0 aliphatic rings. The SMILES string of the molecule is COc1cc(NCc2ccc(C#N)cc2)ccc1Cl. The summed E-state index contributed by atoms with van der Waals surface area (Å²) >= 11 is 5.96. The van der Waals surface area contributed by atoms with Gasteiger partial charge in [0.25, 0.3) is 0 Å². The Kier molecular flexibility index (Phi) is 4.27. The van der Waals surface area contributed by atoms with Crippen LogP contribution in [0.1, 0.15) is 11.1 Å². The first-order valence-corrected chi connectivity index (χ1v) is 6.17. The summed E-state index contributed by atoms with van der Waals surface area (Å²) in [6, 6.07) is 15.1. The standard InChI is InChI=1S/C15H13ClN2O/c1-19-15-8-13(6-7-14(15)16)18-10-12-4-2-11(9-17)3-5-12/h2-8,18H,10H2,1H3. The van der Waals surface area contributed by atoms with Crippen LogP contribution in [0.4, 0.5) is 5.69 Å². The predicted molar refractivity (Wildman–Crippen MR) is 76.5 cm³/mol. The van der Waals surface area contributed by atoms with E-state index in [0.29, 0.717) is 22.9 Å². The van der Waals surface area contributed by atoms with Crippen LogP contribution in [0.15, 0.2) is 42.5 Å². The first-order chi connectivity index (χ1) is 9.22. The van der Waals surface area contributed by atoms with E-state index in [-0.39, 0.29) is 0 Å². The molecule has 2 rings (SSSR count). The van der Waals surface area contributed by atoms with Gasteiger partial charge in [-0.2, -0.15) is 5.26 Å². The Balaban J connectivity index is 2.03. The summed E-state index contributed by atoms with van der Waals surface area (Å²) in [5.74, 6) is 0.645. The number of rotatable bonds is 4. The van der Waals surface area contributed by atoms with Crippen molar-refractivity contribution in [1.82, 2.24) is 0 Å². The largest absolute Gasteiger partial charge is 0.495 e. The summed E-state index contributed by atoms with van der Waals surface area (Å²) in [5, 5.41) is 12.6. The van der Waals surface area contributed by atoms with E-state index in [9.17, 15) is 0 Å². The molecule has 0 aliphatic carbocycles. The molecule has 0 heterocycles. The lowest BCUT2D eigenvalue weighted by atomic mass is 10.1. The number of hydrogen-bond donors (Lipinski definition) is 1. The van der Waals surface area contributed by atoms with Crippen molar-refractivity contribution in [2.45, 2.75) is 6.54 Å². The fourth-order valence-corrected chi connectivity index (χ4v) is 1.87. The number of anilines is 1. The molecule has 3 nitrogen and oxygen atoms in total. The average Bonchev–Trinajstić information content (AvgIpc) is 2.47. The van der Waals surface area contributed by atoms with Crippen molar-refractivity contribution in [3.8, 4) is 11.8 Å². The summed E-state index contributed by atoms with van der Waals surface area (Å²) in [6.45, 7) is 0.677. The highest BCUT2D eigenvalue weighted by Crippen LogP contribution is 2.27. The summed E-state index contributed by atoms with van der Waals surface area (Å²) < 4.78 is 5.16. The maximum absolute atomic E-state index is 8.73. The minimum absolute atomic E-state index is 0.589. The molecular weight excluding hydrogens is 260 g/mol. The minimum Gasteiger partial charge on any atom is -0.495 e. The van der Waals surface area contributed by atoms with Gasteiger partial charge in [0.2, 0.25) is 0 Å². The van der Waals surface area contributed by atoms with Gasteiger partial charge in [0, 0.05) is 18.3 Å². The van der Waals surface area contributed by atoms with Gasteiger partial charge in [0.05, 0.1) is 23.8 Å².